The number of amides is 1. The molecule has 0 aliphatic heterocycles. The summed E-state index contributed by atoms with van der Waals surface area (Å²) in [5.74, 6) is -0.554. The average Bonchev–Trinajstić information content (AvgIpc) is 2.27. The number of hydrogen-bond acceptors (Lipinski definition) is 5. The molecule has 0 aromatic carbocycles. The summed E-state index contributed by atoms with van der Waals surface area (Å²) in [5.41, 5.74) is 0.672. The maximum atomic E-state index is 11.6. The molecule has 0 atom stereocenters. The van der Waals surface area contributed by atoms with Crippen LogP contribution in [0.25, 0.3) is 0 Å². The fraction of sp³-hybridized carbons (Fsp3) is 0.400. The molecule has 0 unspecified atom stereocenters. The molecule has 0 N–H and O–H groups in total. The number of nitrogens with zero attached hydrogens (tertiary/aromatic N) is 2. The lowest BCUT2D eigenvalue weighted by Crippen LogP contribution is -2.23. The standard InChI is InChI=1S/C10H14N2O4S/c1-12(2)10(13)9-6-8(4-5-11-9)7-17(14,15)16-3/h4-6H,7H2,1-3H3. The minimum absolute atomic E-state index is 0.207. The van der Waals surface area contributed by atoms with Crippen molar-refractivity contribution < 1.29 is 17.4 Å². The highest BCUT2D eigenvalue weighted by Gasteiger charge is 2.14. The van der Waals surface area contributed by atoms with E-state index in [2.05, 4.69) is 9.17 Å². The van der Waals surface area contributed by atoms with E-state index < -0.39 is 10.1 Å². The Kier molecular flexibility index (Phi) is 4.19. The van der Waals surface area contributed by atoms with E-state index in [-0.39, 0.29) is 17.4 Å². The molecule has 1 amide bonds. The molecule has 6 nitrogen and oxygen atoms in total. The van der Waals surface area contributed by atoms with Crippen LogP contribution in [0.5, 0.6) is 0 Å². The van der Waals surface area contributed by atoms with Crippen LogP contribution in [0.4, 0.5) is 0 Å². The van der Waals surface area contributed by atoms with Crippen LogP contribution in [0.2, 0.25) is 0 Å². The van der Waals surface area contributed by atoms with Gasteiger partial charge in [0, 0.05) is 20.3 Å². The zero-order valence-corrected chi connectivity index (χ0v) is 10.7. The van der Waals surface area contributed by atoms with E-state index in [1.807, 2.05) is 0 Å². The topological polar surface area (TPSA) is 76.6 Å². The van der Waals surface area contributed by atoms with Crippen molar-refractivity contribution in [1.82, 2.24) is 9.88 Å². The lowest BCUT2D eigenvalue weighted by Gasteiger charge is -2.10. The fourth-order valence-electron chi connectivity index (χ4n) is 1.17. The van der Waals surface area contributed by atoms with Crippen molar-refractivity contribution in [2.45, 2.75) is 5.75 Å². The molecule has 1 aromatic rings. The summed E-state index contributed by atoms with van der Waals surface area (Å²) in [5, 5.41) is 0. The molecular weight excluding hydrogens is 244 g/mol. The third-order valence-electron chi connectivity index (χ3n) is 2.05. The third-order valence-corrected chi connectivity index (χ3v) is 3.24. The van der Waals surface area contributed by atoms with E-state index in [0.29, 0.717) is 5.56 Å². The number of aromatic nitrogens is 1. The minimum Gasteiger partial charge on any atom is -0.343 e. The highest BCUT2D eigenvalue weighted by molar-refractivity contribution is 7.85. The summed E-state index contributed by atoms with van der Waals surface area (Å²) in [6.45, 7) is 0. The predicted octanol–water partition coefficient (Wildman–Crippen LogP) is 0.260. The molecule has 94 valence electrons. The first-order valence-corrected chi connectivity index (χ1v) is 6.38. The Morgan fingerprint density at radius 1 is 1.47 bits per heavy atom. The zero-order chi connectivity index (χ0) is 13.1. The highest BCUT2D eigenvalue weighted by atomic mass is 32.2. The summed E-state index contributed by atoms with van der Waals surface area (Å²) in [7, 11) is 0.711. The quantitative estimate of drug-likeness (QED) is 0.724. The van der Waals surface area contributed by atoms with Gasteiger partial charge in [-0.25, -0.2) is 0 Å². The number of hydrogen-bond donors (Lipinski definition) is 0. The number of carbonyl (C=O) groups is 1. The van der Waals surface area contributed by atoms with Gasteiger partial charge in [0.1, 0.15) is 11.4 Å². The first kappa shape index (κ1) is 13.6. The average molecular weight is 258 g/mol. The number of rotatable bonds is 4. The smallest absolute Gasteiger partial charge is 0.271 e. The summed E-state index contributed by atoms with van der Waals surface area (Å²) in [6.07, 6.45) is 1.40. The molecule has 0 saturated heterocycles. The third kappa shape index (κ3) is 3.79. The lowest BCUT2D eigenvalue weighted by molar-refractivity contribution is 0.0822. The summed E-state index contributed by atoms with van der Waals surface area (Å²) in [4.78, 5) is 16.9. The van der Waals surface area contributed by atoms with Gasteiger partial charge in [-0.05, 0) is 17.7 Å². The van der Waals surface area contributed by atoms with Crippen LogP contribution in [0.15, 0.2) is 18.3 Å². The predicted molar refractivity (Wildman–Crippen MR) is 61.9 cm³/mol. The Labute approximate surface area is 100 Å². The first-order chi connectivity index (χ1) is 7.85. The van der Waals surface area contributed by atoms with Crippen molar-refractivity contribution in [3.05, 3.63) is 29.6 Å². The van der Waals surface area contributed by atoms with Crippen molar-refractivity contribution >= 4 is 16.0 Å². The molecule has 0 aliphatic carbocycles. The van der Waals surface area contributed by atoms with Crippen LogP contribution in [0.3, 0.4) is 0 Å². The normalized spacial score (nSPS) is 11.2. The van der Waals surface area contributed by atoms with Crippen LogP contribution in [0.1, 0.15) is 16.1 Å². The Balaban J connectivity index is 2.98. The molecule has 0 radical (unpaired) electrons. The molecule has 0 fully saturated rings. The second kappa shape index (κ2) is 5.24. The number of pyridine rings is 1. The molecule has 0 bridgehead atoms. The Bertz CT molecular complexity index is 511. The van der Waals surface area contributed by atoms with Gasteiger partial charge in [-0.2, -0.15) is 8.42 Å². The van der Waals surface area contributed by atoms with Crippen LogP contribution in [-0.4, -0.2) is 45.4 Å². The van der Waals surface area contributed by atoms with E-state index >= 15 is 0 Å². The van der Waals surface area contributed by atoms with Gasteiger partial charge >= 0.3 is 0 Å². The SMILES string of the molecule is COS(=O)(=O)Cc1ccnc(C(=O)N(C)C)c1. The second-order valence-electron chi connectivity index (χ2n) is 3.62. The molecule has 17 heavy (non-hydrogen) atoms. The van der Waals surface area contributed by atoms with Crippen molar-refractivity contribution in [2.24, 2.45) is 0 Å². The van der Waals surface area contributed by atoms with E-state index in [4.69, 9.17) is 0 Å². The summed E-state index contributed by atoms with van der Waals surface area (Å²) >= 11 is 0. The van der Waals surface area contributed by atoms with Gasteiger partial charge in [0.15, 0.2) is 0 Å². The molecule has 7 heteroatoms. The van der Waals surface area contributed by atoms with Crippen molar-refractivity contribution in [3.63, 3.8) is 0 Å². The van der Waals surface area contributed by atoms with Crippen LogP contribution < -0.4 is 0 Å². The van der Waals surface area contributed by atoms with Gasteiger partial charge in [0.25, 0.3) is 16.0 Å². The maximum absolute atomic E-state index is 11.6. The van der Waals surface area contributed by atoms with E-state index in [1.54, 1.807) is 14.1 Å². The van der Waals surface area contributed by atoms with Gasteiger partial charge in [-0.1, -0.05) is 0 Å². The Morgan fingerprint density at radius 2 is 2.12 bits per heavy atom. The Morgan fingerprint density at radius 3 is 2.65 bits per heavy atom. The van der Waals surface area contributed by atoms with Gasteiger partial charge in [0.05, 0.1) is 7.11 Å². The molecule has 0 spiro atoms. The first-order valence-electron chi connectivity index (χ1n) is 4.80. The largest absolute Gasteiger partial charge is 0.343 e. The van der Waals surface area contributed by atoms with E-state index in [9.17, 15) is 13.2 Å². The van der Waals surface area contributed by atoms with Crippen LogP contribution in [-0.2, 0) is 20.1 Å². The van der Waals surface area contributed by atoms with Gasteiger partial charge in [0.2, 0.25) is 0 Å². The molecule has 1 rings (SSSR count). The monoisotopic (exact) mass is 258 g/mol. The van der Waals surface area contributed by atoms with Crippen molar-refractivity contribution in [2.75, 3.05) is 21.2 Å². The molecule has 1 aromatic heterocycles. The zero-order valence-electron chi connectivity index (χ0n) is 9.87. The van der Waals surface area contributed by atoms with Crippen molar-refractivity contribution in [1.29, 1.82) is 0 Å². The van der Waals surface area contributed by atoms with Crippen molar-refractivity contribution in [3.8, 4) is 0 Å². The second-order valence-corrected chi connectivity index (χ2v) is 5.35. The minimum atomic E-state index is -3.59. The van der Waals surface area contributed by atoms with Crippen LogP contribution >= 0.6 is 0 Å². The van der Waals surface area contributed by atoms with Gasteiger partial charge in [-0.3, -0.25) is 14.0 Å². The summed E-state index contributed by atoms with van der Waals surface area (Å²) < 4.78 is 26.8. The summed E-state index contributed by atoms with van der Waals surface area (Å²) in [6, 6.07) is 2.97. The maximum Gasteiger partial charge on any atom is 0.271 e. The van der Waals surface area contributed by atoms with E-state index in [1.165, 1.54) is 23.2 Å². The molecule has 1 heterocycles. The lowest BCUT2D eigenvalue weighted by atomic mass is 10.2. The van der Waals surface area contributed by atoms with Gasteiger partial charge in [-0.15, -0.1) is 0 Å². The fourth-order valence-corrected chi connectivity index (χ4v) is 1.88. The van der Waals surface area contributed by atoms with E-state index in [0.717, 1.165) is 7.11 Å². The Hall–Kier alpha value is -1.47. The van der Waals surface area contributed by atoms with Gasteiger partial charge < -0.3 is 4.90 Å². The highest BCUT2D eigenvalue weighted by Crippen LogP contribution is 2.09. The molecule has 0 aliphatic rings. The van der Waals surface area contributed by atoms with Crippen LogP contribution in [0, 0.1) is 0 Å². The molecule has 0 saturated carbocycles. The number of carbonyl (C=O) groups excluding carboxylic acids is 1. The molecular formula is C10H14N2O4S.